The number of rotatable bonds is 1. The minimum Gasteiger partial charge on any atom is -0.339 e. The average Bonchev–Trinajstić information content (AvgIpc) is 2.03. The van der Waals surface area contributed by atoms with Crippen LogP contribution in [-0.2, 0) is 4.79 Å². The van der Waals surface area contributed by atoms with Crippen LogP contribution in [0, 0.1) is 5.92 Å². The van der Waals surface area contributed by atoms with Crippen molar-refractivity contribution >= 4 is 17.5 Å². The zero-order chi connectivity index (χ0) is 10.0. The second-order valence-corrected chi connectivity index (χ2v) is 4.78. The van der Waals surface area contributed by atoms with Crippen molar-refractivity contribution in [3.05, 3.63) is 0 Å². The molecule has 0 aromatic heterocycles. The van der Waals surface area contributed by atoms with Gasteiger partial charge in [0.1, 0.15) is 5.38 Å². The number of halogens is 1. The van der Waals surface area contributed by atoms with Crippen molar-refractivity contribution < 1.29 is 4.79 Å². The Kier molecular flexibility index (Phi) is 3.60. The maximum Gasteiger partial charge on any atom is 0.240 e. The molecule has 1 rings (SSSR count). The predicted octanol–water partition coefficient (Wildman–Crippen LogP) is 2.26. The number of amides is 1. The van der Waals surface area contributed by atoms with Crippen LogP contribution >= 0.6 is 11.6 Å². The van der Waals surface area contributed by atoms with Gasteiger partial charge in [-0.15, -0.1) is 11.6 Å². The second kappa shape index (κ2) is 4.32. The van der Waals surface area contributed by atoms with Crippen LogP contribution < -0.4 is 0 Å². The van der Waals surface area contributed by atoms with E-state index < -0.39 is 0 Å². The van der Waals surface area contributed by atoms with Crippen molar-refractivity contribution in [2.75, 3.05) is 6.54 Å². The molecule has 76 valence electrons. The van der Waals surface area contributed by atoms with Crippen molar-refractivity contribution in [1.29, 1.82) is 0 Å². The van der Waals surface area contributed by atoms with E-state index in [1.54, 1.807) is 6.92 Å². The Balaban J connectivity index is 2.56. The number of alkyl halides is 1. The number of hydrogen-bond acceptors (Lipinski definition) is 1. The first-order valence-corrected chi connectivity index (χ1v) is 5.40. The monoisotopic (exact) mass is 203 g/mol. The van der Waals surface area contributed by atoms with Gasteiger partial charge < -0.3 is 4.90 Å². The lowest BCUT2D eigenvalue weighted by molar-refractivity contribution is -0.134. The fourth-order valence-electron chi connectivity index (χ4n) is 1.96. The van der Waals surface area contributed by atoms with Crippen molar-refractivity contribution in [2.45, 2.75) is 45.0 Å². The molecule has 3 unspecified atom stereocenters. The van der Waals surface area contributed by atoms with Gasteiger partial charge in [-0.05, 0) is 32.6 Å². The largest absolute Gasteiger partial charge is 0.339 e. The molecule has 1 fully saturated rings. The third-order valence-corrected chi connectivity index (χ3v) is 2.95. The Labute approximate surface area is 85.2 Å². The lowest BCUT2D eigenvalue weighted by Gasteiger charge is -2.37. The van der Waals surface area contributed by atoms with Gasteiger partial charge in [0.05, 0.1) is 0 Å². The van der Waals surface area contributed by atoms with Gasteiger partial charge in [0.2, 0.25) is 5.91 Å². The summed E-state index contributed by atoms with van der Waals surface area (Å²) in [7, 11) is 0. The number of hydrogen-bond donors (Lipinski definition) is 0. The van der Waals surface area contributed by atoms with Crippen molar-refractivity contribution in [3.63, 3.8) is 0 Å². The molecule has 1 aliphatic rings. The molecular weight excluding hydrogens is 186 g/mol. The van der Waals surface area contributed by atoms with E-state index in [-0.39, 0.29) is 11.3 Å². The summed E-state index contributed by atoms with van der Waals surface area (Å²) in [5.74, 6) is 0.825. The van der Waals surface area contributed by atoms with Crippen LogP contribution in [0.1, 0.15) is 33.6 Å². The zero-order valence-electron chi connectivity index (χ0n) is 8.59. The van der Waals surface area contributed by atoms with Gasteiger partial charge >= 0.3 is 0 Å². The van der Waals surface area contributed by atoms with Gasteiger partial charge in [-0.25, -0.2) is 0 Å². The molecule has 2 nitrogen and oxygen atoms in total. The highest BCUT2D eigenvalue weighted by atomic mass is 35.5. The van der Waals surface area contributed by atoms with Crippen LogP contribution in [0.2, 0.25) is 0 Å². The van der Waals surface area contributed by atoms with Gasteiger partial charge in [0.15, 0.2) is 0 Å². The third-order valence-electron chi connectivity index (χ3n) is 2.76. The van der Waals surface area contributed by atoms with E-state index in [2.05, 4.69) is 13.8 Å². The molecular formula is C10H18ClNO. The normalized spacial score (nSPS) is 31.5. The van der Waals surface area contributed by atoms with Gasteiger partial charge in [-0.1, -0.05) is 6.92 Å². The van der Waals surface area contributed by atoms with Gasteiger partial charge in [-0.3, -0.25) is 4.79 Å². The fourth-order valence-corrected chi connectivity index (χ4v) is 2.09. The van der Waals surface area contributed by atoms with E-state index in [9.17, 15) is 4.79 Å². The molecule has 1 saturated heterocycles. The lowest BCUT2D eigenvalue weighted by Crippen LogP contribution is -2.46. The molecule has 0 aliphatic carbocycles. The summed E-state index contributed by atoms with van der Waals surface area (Å²) in [6.07, 6.45) is 2.22. The molecule has 0 spiro atoms. The molecule has 0 saturated carbocycles. The van der Waals surface area contributed by atoms with E-state index >= 15 is 0 Å². The SMILES string of the molecule is CC1CCN(C(=O)C(C)Cl)C(C)C1. The molecule has 0 radical (unpaired) electrons. The zero-order valence-corrected chi connectivity index (χ0v) is 9.34. The Morgan fingerprint density at radius 3 is 2.62 bits per heavy atom. The standard InChI is InChI=1S/C10H18ClNO/c1-7-4-5-12(8(2)6-7)10(13)9(3)11/h7-9H,4-6H2,1-3H3. The second-order valence-electron chi connectivity index (χ2n) is 4.13. The van der Waals surface area contributed by atoms with Crippen molar-refractivity contribution in [3.8, 4) is 0 Å². The van der Waals surface area contributed by atoms with E-state index in [0.29, 0.717) is 6.04 Å². The Hall–Kier alpha value is -0.240. The third kappa shape index (κ3) is 2.60. The molecule has 0 aromatic rings. The van der Waals surface area contributed by atoms with Crippen LogP contribution in [0.25, 0.3) is 0 Å². The first-order chi connectivity index (χ1) is 6.02. The van der Waals surface area contributed by atoms with Crippen LogP contribution in [0.15, 0.2) is 0 Å². The summed E-state index contributed by atoms with van der Waals surface area (Å²) in [5, 5.41) is -0.379. The van der Waals surface area contributed by atoms with Crippen LogP contribution in [0.4, 0.5) is 0 Å². The number of nitrogens with zero attached hydrogens (tertiary/aromatic N) is 1. The highest BCUT2D eigenvalue weighted by Crippen LogP contribution is 2.23. The summed E-state index contributed by atoms with van der Waals surface area (Å²) in [5.41, 5.74) is 0. The summed E-state index contributed by atoms with van der Waals surface area (Å²) in [6, 6.07) is 0.359. The molecule has 13 heavy (non-hydrogen) atoms. The maximum atomic E-state index is 11.6. The molecule has 1 heterocycles. The van der Waals surface area contributed by atoms with Gasteiger partial charge in [-0.2, -0.15) is 0 Å². The Bertz CT molecular complexity index is 193. The maximum absolute atomic E-state index is 11.6. The summed E-state index contributed by atoms with van der Waals surface area (Å²) < 4.78 is 0. The lowest BCUT2D eigenvalue weighted by atomic mass is 9.93. The van der Waals surface area contributed by atoms with E-state index in [4.69, 9.17) is 11.6 Å². The summed E-state index contributed by atoms with van der Waals surface area (Å²) in [6.45, 7) is 6.96. The summed E-state index contributed by atoms with van der Waals surface area (Å²) in [4.78, 5) is 13.5. The fraction of sp³-hybridized carbons (Fsp3) is 0.900. The molecule has 0 bridgehead atoms. The summed E-state index contributed by atoms with van der Waals surface area (Å²) >= 11 is 5.77. The Morgan fingerprint density at radius 2 is 2.15 bits per heavy atom. The van der Waals surface area contributed by atoms with Crippen molar-refractivity contribution in [2.24, 2.45) is 5.92 Å². The highest BCUT2D eigenvalue weighted by Gasteiger charge is 2.28. The molecule has 0 aromatic carbocycles. The first kappa shape index (κ1) is 10.8. The number of likely N-dealkylation sites (tertiary alicyclic amines) is 1. The van der Waals surface area contributed by atoms with Crippen LogP contribution in [-0.4, -0.2) is 28.8 Å². The Morgan fingerprint density at radius 1 is 1.54 bits per heavy atom. The van der Waals surface area contributed by atoms with Crippen LogP contribution in [0.5, 0.6) is 0 Å². The molecule has 3 heteroatoms. The van der Waals surface area contributed by atoms with Gasteiger partial charge in [0, 0.05) is 12.6 Å². The number of carbonyl (C=O) groups excluding carboxylic acids is 1. The van der Waals surface area contributed by atoms with E-state index in [0.717, 1.165) is 25.3 Å². The van der Waals surface area contributed by atoms with Gasteiger partial charge in [0.25, 0.3) is 0 Å². The molecule has 1 aliphatic heterocycles. The number of piperidine rings is 1. The quantitative estimate of drug-likeness (QED) is 0.599. The smallest absolute Gasteiger partial charge is 0.240 e. The van der Waals surface area contributed by atoms with Crippen molar-refractivity contribution in [1.82, 2.24) is 4.90 Å². The number of carbonyl (C=O) groups is 1. The minimum atomic E-state index is -0.379. The topological polar surface area (TPSA) is 20.3 Å². The first-order valence-electron chi connectivity index (χ1n) is 4.97. The molecule has 1 amide bonds. The minimum absolute atomic E-state index is 0.0843. The molecule has 0 N–H and O–H groups in total. The molecule has 3 atom stereocenters. The average molecular weight is 204 g/mol. The predicted molar refractivity (Wildman–Crippen MR) is 54.9 cm³/mol. The van der Waals surface area contributed by atoms with Crippen LogP contribution in [0.3, 0.4) is 0 Å². The highest BCUT2D eigenvalue weighted by molar-refractivity contribution is 6.30. The van der Waals surface area contributed by atoms with E-state index in [1.165, 1.54) is 0 Å². The van der Waals surface area contributed by atoms with E-state index in [1.807, 2.05) is 4.90 Å².